The second kappa shape index (κ2) is 7.12. The van der Waals surface area contributed by atoms with Gasteiger partial charge in [-0.1, -0.05) is 27.7 Å². The van der Waals surface area contributed by atoms with E-state index in [4.69, 9.17) is 4.74 Å². The van der Waals surface area contributed by atoms with Crippen molar-refractivity contribution in [2.45, 2.75) is 33.7 Å². The Morgan fingerprint density at radius 1 is 1.16 bits per heavy atom. The van der Waals surface area contributed by atoms with Crippen LogP contribution >= 0.6 is 0 Å². The number of benzene rings is 1. The first-order valence-corrected chi connectivity index (χ1v) is 6.58. The number of halogens is 1. The van der Waals surface area contributed by atoms with Crippen molar-refractivity contribution in [3.05, 3.63) is 30.1 Å². The van der Waals surface area contributed by atoms with Gasteiger partial charge in [-0.3, -0.25) is 4.79 Å². The van der Waals surface area contributed by atoms with Crippen LogP contribution in [0, 0.1) is 17.7 Å². The molecule has 0 radical (unpaired) electrons. The second-order valence-corrected chi connectivity index (χ2v) is 5.32. The molecular formula is C15H22FNO2. The van der Waals surface area contributed by atoms with Crippen LogP contribution in [-0.4, -0.2) is 18.6 Å². The molecule has 0 saturated heterocycles. The molecule has 0 unspecified atom stereocenters. The summed E-state index contributed by atoms with van der Waals surface area (Å²) >= 11 is 0. The highest BCUT2D eigenvalue weighted by molar-refractivity contribution is 5.77. The van der Waals surface area contributed by atoms with Crippen LogP contribution < -0.4 is 10.1 Å². The van der Waals surface area contributed by atoms with Gasteiger partial charge in [0.1, 0.15) is 11.6 Å². The molecule has 1 rings (SSSR count). The average Bonchev–Trinajstić information content (AvgIpc) is 2.34. The van der Waals surface area contributed by atoms with Crippen LogP contribution in [0.2, 0.25) is 0 Å². The molecule has 0 fully saturated rings. The highest BCUT2D eigenvalue weighted by atomic mass is 19.1. The molecular weight excluding hydrogens is 245 g/mol. The molecule has 0 aliphatic carbocycles. The van der Waals surface area contributed by atoms with Crippen LogP contribution in [0.15, 0.2) is 24.3 Å². The van der Waals surface area contributed by atoms with E-state index in [1.807, 2.05) is 0 Å². The third-order valence-corrected chi connectivity index (χ3v) is 2.95. The summed E-state index contributed by atoms with van der Waals surface area (Å²) in [7, 11) is 0. The van der Waals surface area contributed by atoms with Gasteiger partial charge in [0.15, 0.2) is 6.61 Å². The molecule has 0 saturated carbocycles. The minimum Gasteiger partial charge on any atom is -0.484 e. The van der Waals surface area contributed by atoms with E-state index in [0.717, 1.165) is 0 Å². The smallest absolute Gasteiger partial charge is 0.258 e. The van der Waals surface area contributed by atoms with Crippen molar-refractivity contribution in [1.82, 2.24) is 5.32 Å². The third kappa shape index (κ3) is 5.28. The Hall–Kier alpha value is -1.58. The summed E-state index contributed by atoms with van der Waals surface area (Å²) in [5, 5.41) is 2.96. The van der Waals surface area contributed by atoms with Gasteiger partial charge in [-0.25, -0.2) is 4.39 Å². The van der Waals surface area contributed by atoms with Crippen LogP contribution in [0.1, 0.15) is 27.7 Å². The molecule has 1 amide bonds. The van der Waals surface area contributed by atoms with Gasteiger partial charge in [-0.2, -0.15) is 0 Å². The maximum Gasteiger partial charge on any atom is 0.258 e. The van der Waals surface area contributed by atoms with Crippen LogP contribution in [-0.2, 0) is 4.79 Å². The molecule has 106 valence electrons. The zero-order valence-corrected chi connectivity index (χ0v) is 11.9. The summed E-state index contributed by atoms with van der Waals surface area (Å²) in [4.78, 5) is 11.8. The van der Waals surface area contributed by atoms with Gasteiger partial charge in [-0.15, -0.1) is 0 Å². The lowest BCUT2D eigenvalue weighted by atomic mass is 9.93. The van der Waals surface area contributed by atoms with Crippen molar-refractivity contribution >= 4 is 5.91 Å². The zero-order valence-electron chi connectivity index (χ0n) is 11.9. The van der Waals surface area contributed by atoms with Gasteiger partial charge in [-0.05, 0) is 36.1 Å². The molecule has 0 heterocycles. The molecule has 3 nitrogen and oxygen atoms in total. The van der Waals surface area contributed by atoms with E-state index in [1.54, 1.807) is 0 Å². The van der Waals surface area contributed by atoms with Crippen LogP contribution in [0.4, 0.5) is 4.39 Å². The number of hydrogen-bond donors (Lipinski definition) is 1. The Morgan fingerprint density at radius 3 is 2.16 bits per heavy atom. The highest BCUT2D eigenvalue weighted by Gasteiger charge is 2.19. The Bertz CT molecular complexity index is 393. The lowest BCUT2D eigenvalue weighted by Crippen LogP contribution is -2.44. The van der Waals surface area contributed by atoms with E-state index in [9.17, 15) is 9.18 Å². The van der Waals surface area contributed by atoms with E-state index in [1.165, 1.54) is 24.3 Å². The number of amides is 1. The normalized spacial score (nSPS) is 11.2. The van der Waals surface area contributed by atoms with Crippen LogP contribution in [0.25, 0.3) is 0 Å². The fraction of sp³-hybridized carbons (Fsp3) is 0.533. The first-order valence-electron chi connectivity index (χ1n) is 6.58. The van der Waals surface area contributed by atoms with Crippen molar-refractivity contribution in [2.24, 2.45) is 11.8 Å². The average molecular weight is 267 g/mol. The molecule has 0 aliphatic heterocycles. The van der Waals surface area contributed by atoms with Crippen molar-refractivity contribution in [3.8, 4) is 5.75 Å². The monoisotopic (exact) mass is 267 g/mol. The van der Waals surface area contributed by atoms with Gasteiger partial charge < -0.3 is 10.1 Å². The first-order chi connectivity index (χ1) is 8.90. The Balaban J connectivity index is 2.45. The Kier molecular flexibility index (Phi) is 5.80. The SMILES string of the molecule is CC(C)C(NC(=O)COc1ccc(F)cc1)C(C)C. The van der Waals surface area contributed by atoms with Crippen LogP contribution in [0.5, 0.6) is 5.75 Å². The molecule has 0 atom stereocenters. The van der Waals surface area contributed by atoms with Crippen molar-refractivity contribution < 1.29 is 13.9 Å². The molecule has 1 N–H and O–H groups in total. The van der Waals surface area contributed by atoms with E-state index in [0.29, 0.717) is 17.6 Å². The number of hydrogen-bond acceptors (Lipinski definition) is 2. The molecule has 1 aromatic carbocycles. The summed E-state index contributed by atoms with van der Waals surface area (Å²) in [6, 6.07) is 5.75. The summed E-state index contributed by atoms with van der Waals surface area (Å²) in [6.45, 7) is 8.25. The largest absolute Gasteiger partial charge is 0.484 e. The van der Waals surface area contributed by atoms with Gasteiger partial charge in [0.05, 0.1) is 0 Å². The maximum absolute atomic E-state index is 12.7. The summed E-state index contributed by atoms with van der Waals surface area (Å²) in [5.74, 6) is 0.750. The minimum atomic E-state index is -0.323. The molecule has 0 spiro atoms. The predicted molar refractivity (Wildman–Crippen MR) is 73.5 cm³/mol. The van der Waals surface area contributed by atoms with E-state index in [-0.39, 0.29) is 24.4 Å². The van der Waals surface area contributed by atoms with Gasteiger partial charge >= 0.3 is 0 Å². The summed E-state index contributed by atoms with van der Waals surface area (Å²) < 4.78 is 18.0. The number of nitrogens with one attached hydrogen (secondary N) is 1. The lowest BCUT2D eigenvalue weighted by Gasteiger charge is -2.26. The molecule has 19 heavy (non-hydrogen) atoms. The summed E-state index contributed by atoms with van der Waals surface area (Å²) in [6.07, 6.45) is 0. The fourth-order valence-electron chi connectivity index (χ4n) is 2.01. The maximum atomic E-state index is 12.7. The van der Waals surface area contributed by atoms with E-state index < -0.39 is 0 Å². The Labute approximate surface area is 114 Å². The van der Waals surface area contributed by atoms with E-state index in [2.05, 4.69) is 33.0 Å². The number of ether oxygens (including phenoxy) is 1. The lowest BCUT2D eigenvalue weighted by molar-refractivity contribution is -0.124. The fourth-order valence-corrected chi connectivity index (χ4v) is 2.01. The van der Waals surface area contributed by atoms with Gasteiger partial charge in [0, 0.05) is 6.04 Å². The number of rotatable bonds is 6. The quantitative estimate of drug-likeness (QED) is 0.860. The molecule has 1 aromatic rings. The van der Waals surface area contributed by atoms with Crippen molar-refractivity contribution in [1.29, 1.82) is 0 Å². The second-order valence-electron chi connectivity index (χ2n) is 5.32. The molecule has 0 bridgehead atoms. The summed E-state index contributed by atoms with van der Waals surface area (Å²) in [5.41, 5.74) is 0. The van der Waals surface area contributed by atoms with Crippen molar-refractivity contribution in [2.75, 3.05) is 6.61 Å². The van der Waals surface area contributed by atoms with Gasteiger partial charge in [0.2, 0.25) is 0 Å². The standard InChI is InChI=1S/C15H22FNO2/c1-10(2)15(11(3)4)17-14(18)9-19-13-7-5-12(16)6-8-13/h5-8,10-11,15H,9H2,1-4H3,(H,17,18). The number of carbonyl (C=O) groups is 1. The minimum absolute atomic E-state index is 0.0540. The highest BCUT2D eigenvalue weighted by Crippen LogP contribution is 2.13. The topological polar surface area (TPSA) is 38.3 Å². The molecule has 0 aromatic heterocycles. The number of carbonyl (C=O) groups excluding carboxylic acids is 1. The molecule has 4 heteroatoms. The Morgan fingerprint density at radius 2 is 1.68 bits per heavy atom. The van der Waals surface area contributed by atoms with Crippen LogP contribution in [0.3, 0.4) is 0 Å². The van der Waals surface area contributed by atoms with Gasteiger partial charge in [0.25, 0.3) is 5.91 Å². The third-order valence-electron chi connectivity index (χ3n) is 2.95. The molecule has 0 aliphatic rings. The van der Waals surface area contributed by atoms with Crippen molar-refractivity contribution in [3.63, 3.8) is 0 Å². The predicted octanol–water partition coefficient (Wildman–Crippen LogP) is 3.00. The first kappa shape index (κ1) is 15.5. The zero-order chi connectivity index (χ0) is 14.4. The van der Waals surface area contributed by atoms with E-state index >= 15 is 0 Å².